The topological polar surface area (TPSA) is 95.6 Å². The quantitative estimate of drug-likeness (QED) is 0.722. The lowest BCUT2D eigenvalue weighted by Gasteiger charge is -2.15. The molecule has 6 nitrogen and oxygen atoms in total. The molecule has 2 aromatic rings. The van der Waals surface area contributed by atoms with Crippen molar-refractivity contribution in [3.05, 3.63) is 36.5 Å². The van der Waals surface area contributed by atoms with Crippen LogP contribution >= 0.6 is 11.8 Å². The molecule has 0 aliphatic heterocycles. The van der Waals surface area contributed by atoms with Crippen LogP contribution in [0.2, 0.25) is 0 Å². The van der Waals surface area contributed by atoms with E-state index in [4.69, 9.17) is 0 Å². The van der Waals surface area contributed by atoms with E-state index in [1.54, 1.807) is 24.4 Å². The highest BCUT2D eigenvalue weighted by Crippen LogP contribution is 2.30. The van der Waals surface area contributed by atoms with Gasteiger partial charge in [0.25, 0.3) is 0 Å². The van der Waals surface area contributed by atoms with E-state index in [-0.39, 0.29) is 17.5 Å². The van der Waals surface area contributed by atoms with Crippen LogP contribution < -0.4 is 0 Å². The molecule has 0 saturated carbocycles. The highest BCUT2D eigenvalue weighted by atomic mass is 32.2. The molecule has 0 aromatic carbocycles. The van der Waals surface area contributed by atoms with Gasteiger partial charge in [0.05, 0.1) is 5.03 Å². The van der Waals surface area contributed by atoms with Crippen molar-refractivity contribution in [2.45, 2.75) is 11.1 Å². The van der Waals surface area contributed by atoms with Gasteiger partial charge >= 0.3 is 5.97 Å². The molecule has 0 bridgehead atoms. The molecular weight excluding hydrogens is 268 g/mol. The van der Waals surface area contributed by atoms with E-state index < -0.39 is 12.0 Å². The molecule has 2 aromatic heterocycles. The molecule has 1 atom stereocenters. The highest BCUT2D eigenvalue weighted by Gasteiger charge is 2.24. The molecule has 0 aliphatic carbocycles. The normalized spacial score (nSPS) is 12.2. The number of aromatic hydroxyl groups is 2. The summed E-state index contributed by atoms with van der Waals surface area (Å²) < 4.78 is 0.971. The summed E-state index contributed by atoms with van der Waals surface area (Å²) in [6.45, 7) is 0. The Labute approximate surface area is 113 Å². The standard InChI is InChI=1S/C12H12N2O4S/c15-10-4-5-11(16)14(10)8(12(17)18)7-19-9-3-1-2-6-13-9/h1-6,8,15-16H,7H2,(H,17,18). The van der Waals surface area contributed by atoms with Gasteiger partial charge in [-0.05, 0) is 12.1 Å². The van der Waals surface area contributed by atoms with Gasteiger partial charge in [0.1, 0.15) is 6.04 Å². The predicted molar refractivity (Wildman–Crippen MR) is 69.4 cm³/mol. The van der Waals surface area contributed by atoms with Gasteiger partial charge in [0.2, 0.25) is 0 Å². The second kappa shape index (κ2) is 5.66. The molecule has 0 aliphatic rings. The van der Waals surface area contributed by atoms with Crippen LogP contribution in [0.4, 0.5) is 0 Å². The highest BCUT2D eigenvalue weighted by molar-refractivity contribution is 7.99. The third-order valence-electron chi connectivity index (χ3n) is 2.50. The molecule has 100 valence electrons. The number of pyridine rings is 1. The average Bonchev–Trinajstić information content (AvgIpc) is 2.72. The first-order valence-corrected chi connectivity index (χ1v) is 6.44. The molecule has 3 N–H and O–H groups in total. The van der Waals surface area contributed by atoms with Crippen molar-refractivity contribution in [2.75, 3.05) is 5.75 Å². The number of carboxylic acids is 1. The van der Waals surface area contributed by atoms with Crippen LogP contribution in [0.5, 0.6) is 11.8 Å². The molecule has 0 saturated heterocycles. The number of carboxylic acid groups (broad SMARTS) is 1. The fourth-order valence-corrected chi connectivity index (χ4v) is 2.53. The van der Waals surface area contributed by atoms with Crippen LogP contribution in [-0.2, 0) is 4.79 Å². The smallest absolute Gasteiger partial charge is 0.327 e. The first kappa shape index (κ1) is 13.3. The summed E-state index contributed by atoms with van der Waals surface area (Å²) in [5.41, 5.74) is 0. The lowest BCUT2D eigenvalue weighted by Crippen LogP contribution is -2.20. The Kier molecular flexibility index (Phi) is 3.96. The Morgan fingerprint density at radius 2 is 1.95 bits per heavy atom. The van der Waals surface area contributed by atoms with Gasteiger partial charge in [-0.1, -0.05) is 6.07 Å². The van der Waals surface area contributed by atoms with E-state index in [0.29, 0.717) is 5.03 Å². The number of aliphatic carboxylic acids is 1. The van der Waals surface area contributed by atoms with Crippen molar-refractivity contribution < 1.29 is 20.1 Å². The van der Waals surface area contributed by atoms with Crippen LogP contribution in [0.1, 0.15) is 6.04 Å². The summed E-state index contributed by atoms with van der Waals surface area (Å²) in [5, 5.41) is 29.0. The Hall–Kier alpha value is -2.15. The SMILES string of the molecule is O=C(O)C(CSc1ccccn1)n1c(O)ccc1O. The number of carbonyl (C=O) groups is 1. The zero-order chi connectivity index (χ0) is 13.8. The first-order chi connectivity index (χ1) is 9.09. The van der Waals surface area contributed by atoms with Gasteiger partial charge in [-0.2, -0.15) is 0 Å². The summed E-state index contributed by atoms with van der Waals surface area (Å²) in [7, 11) is 0. The minimum atomic E-state index is -1.13. The van der Waals surface area contributed by atoms with Crippen LogP contribution in [0.15, 0.2) is 41.6 Å². The largest absolute Gasteiger partial charge is 0.494 e. The second-order valence-corrected chi connectivity index (χ2v) is 4.79. The number of hydrogen-bond donors (Lipinski definition) is 3. The summed E-state index contributed by atoms with van der Waals surface area (Å²) >= 11 is 1.24. The lowest BCUT2D eigenvalue weighted by atomic mass is 10.3. The van der Waals surface area contributed by atoms with E-state index in [1.165, 1.54) is 23.9 Å². The zero-order valence-electron chi connectivity index (χ0n) is 9.80. The van der Waals surface area contributed by atoms with Crippen molar-refractivity contribution >= 4 is 17.7 Å². The van der Waals surface area contributed by atoms with Gasteiger partial charge in [-0.3, -0.25) is 4.57 Å². The van der Waals surface area contributed by atoms with E-state index in [9.17, 15) is 20.1 Å². The third kappa shape index (κ3) is 3.00. The number of rotatable bonds is 5. The molecule has 0 spiro atoms. The Balaban J connectivity index is 2.16. The third-order valence-corrected chi connectivity index (χ3v) is 3.52. The monoisotopic (exact) mass is 280 g/mol. The summed E-state index contributed by atoms with van der Waals surface area (Å²) in [6, 6.07) is 6.76. The van der Waals surface area contributed by atoms with Crippen LogP contribution in [-0.4, -0.2) is 36.6 Å². The van der Waals surface area contributed by atoms with Gasteiger partial charge in [-0.15, -0.1) is 11.8 Å². The van der Waals surface area contributed by atoms with E-state index in [2.05, 4.69) is 4.98 Å². The van der Waals surface area contributed by atoms with Gasteiger partial charge in [0.15, 0.2) is 11.8 Å². The molecule has 0 radical (unpaired) electrons. The predicted octanol–water partition coefficient (Wildman–Crippen LogP) is 1.71. The molecule has 19 heavy (non-hydrogen) atoms. The van der Waals surface area contributed by atoms with Crippen molar-refractivity contribution in [3.63, 3.8) is 0 Å². The Bertz CT molecular complexity index is 551. The molecule has 0 amide bonds. The summed E-state index contributed by atoms with van der Waals surface area (Å²) in [5.74, 6) is -1.56. The fourth-order valence-electron chi connectivity index (χ4n) is 1.60. The minimum Gasteiger partial charge on any atom is -0.494 e. The van der Waals surface area contributed by atoms with Gasteiger partial charge in [0, 0.05) is 24.1 Å². The van der Waals surface area contributed by atoms with Gasteiger partial charge < -0.3 is 15.3 Å². The summed E-state index contributed by atoms with van der Waals surface area (Å²) in [4.78, 5) is 15.3. The molecule has 0 fully saturated rings. The molecule has 7 heteroatoms. The van der Waals surface area contributed by atoms with Crippen LogP contribution in [0.3, 0.4) is 0 Å². The molecule has 2 heterocycles. The Morgan fingerprint density at radius 1 is 1.26 bits per heavy atom. The van der Waals surface area contributed by atoms with Gasteiger partial charge in [-0.25, -0.2) is 9.78 Å². The molecular formula is C12H12N2O4S. The number of aromatic nitrogens is 2. The van der Waals surface area contributed by atoms with Crippen molar-refractivity contribution in [3.8, 4) is 11.8 Å². The van der Waals surface area contributed by atoms with E-state index >= 15 is 0 Å². The maximum absolute atomic E-state index is 11.2. The number of hydrogen-bond acceptors (Lipinski definition) is 5. The van der Waals surface area contributed by atoms with E-state index in [1.807, 2.05) is 0 Å². The van der Waals surface area contributed by atoms with Crippen molar-refractivity contribution in [1.82, 2.24) is 9.55 Å². The Morgan fingerprint density at radius 3 is 2.47 bits per heavy atom. The maximum Gasteiger partial charge on any atom is 0.327 e. The molecule has 1 unspecified atom stereocenters. The average molecular weight is 280 g/mol. The number of nitrogens with zero attached hydrogens (tertiary/aromatic N) is 2. The molecule has 2 rings (SSSR count). The van der Waals surface area contributed by atoms with Crippen molar-refractivity contribution in [1.29, 1.82) is 0 Å². The van der Waals surface area contributed by atoms with Crippen LogP contribution in [0.25, 0.3) is 0 Å². The fraction of sp³-hybridized carbons (Fsp3) is 0.167. The van der Waals surface area contributed by atoms with Crippen LogP contribution in [0, 0.1) is 0 Å². The first-order valence-electron chi connectivity index (χ1n) is 5.45. The maximum atomic E-state index is 11.2. The summed E-state index contributed by atoms with van der Waals surface area (Å²) in [6.07, 6.45) is 1.61. The number of thioether (sulfide) groups is 1. The van der Waals surface area contributed by atoms with E-state index in [0.717, 1.165) is 4.57 Å². The van der Waals surface area contributed by atoms with Crippen molar-refractivity contribution in [2.24, 2.45) is 0 Å². The second-order valence-electron chi connectivity index (χ2n) is 3.75. The zero-order valence-corrected chi connectivity index (χ0v) is 10.6. The minimum absolute atomic E-state index is 0.141. The lowest BCUT2D eigenvalue weighted by molar-refractivity contribution is -0.140.